The Bertz CT molecular complexity index is 581. The number of piperidine rings is 1. The maximum Gasteiger partial charge on any atom is 0.193 e. The van der Waals surface area contributed by atoms with Crippen molar-refractivity contribution in [3.8, 4) is 0 Å². The number of nitrogens with one attached hydrogen (secondary N) is 1. The van der Waals surface area contributed by atoms with Crippen molar-refractivity contribution in [3.63, 3.8) is 0 Å². The van der Waals surface area contributed by atoms with Crippen LogP contribution in [0.4, 0.5) is 0 Å². The zero-order valence-electron chi connectivity index (χ0n) is 14.9. The van der Waals surface area contributed by atoms with Crippen LogP contribution in [-0.2, 0) is 6.54 Å². The lowest BCUT2D eigenvalue weighted by atomic mass is 9.79. The number of guanidine groups is 1. The van der Waals surface area contributed by atoms with Gasteiger partial charge in [-0.3, -0.25) is 9.89 Å². The molecule has 2 saturated heterocycles. The number of nitrogens with zero attached hydrogens (tertiary/aromatic N) is 3. The van der Waals surface area contributed by atoms with Crippen molar-refractivity contribution >= 4 is 5.96 Å². The van der Waals surface area contributed by atoms with Gasteiger partial charge in [-0.15, -0.1) is 0 Å². The normalized spacial score (nSPS) is 28.5. The molecule has 1 atom stereocenters. The van der Waals surface area contributed by atoms with E-state index in [1.54, 1.807) is 0 Å². The van der Waals surface area contributed by atoms with Crippen LogP contribution in [0.2, 0.25) is 0 Å². The van der Waals surface area contributed by atoms with E-state index in [0.29, 0.717) is 11.5 Å². The average Bonchev–Trinajstić information content (AvgIpc) is 3.34. The molecule has 1 N–H and O–H groups in total. The third kappa shape index (κ3) is 3.59. The Hall–Kier alpha value is -1.55. The van der Waals surface area contributed by atoms with Crippen LogP contribution in [0.15, 0.2) is 35.3 Å². The summed E-state index contributed by atoms with van der Waals surface area (Å²) in [6.45, 7) is 5.90. The van der Waals surface area contributed by atoms with Gasteiger partial charge in [0.2, 0.25) is 0 Å². The fourth-order valence-corrected chi connectivity index (χ4v) is 4.44. The molecule has 1 unspecified atom stereocenters. The molecule has 1 aromatic rings. The van der Waals surface area contributed by atoms with Gasteiger partial charge in [-0.25, -0.2) is 0 Å². The highest BCUT2D eigenvalue weighted by Gasteiger charge is 2.42. The van der Waals surface area contributed by atoms with Crippen molar-refractivity contribution in [1.29, 1.82) is 0 Å². The summed E-state index contributed by atoms with van der Waals surface area (Å²) in [6, 6.07) is 11.6. The lowest BCUT2D eigenvalue weighted by Crippen LogP contribution is -2.47. The zero-order chi connectivity index (χ0) is 16.4. The molecule has 1 saturated carbocycles. The summed E-state index contributed by atoms with van der Waals surface area (Å²) in [5.74, 6) is 1.13. The molecule has 0 amide bonds. The molecular weight excluding hydrogens is 296 g/mol. The minimum absolute atomic E-state index is 0.466. The van der Waals surface area contributed by atoms with E-state index in [4.69, 9.17) is 0 Å². The van der Waals surface area contributed by atoms with E-state index in [1.165, 1.54) is 57.3 Å². The summed E-state index contributed by atoms with van der Waals surface area (Å²) in [7, 11) is 1.93. The zero-order valence-corrected chi connectivity index (χ0v) is 14.9. The van der Waals surface area contributed by atoms with Crippen LogP contribution < -0.4 is 5.32 Å². The first-order chi connectivity index (χ1) is 11.8. The van der Waals surface area contributed by atoms with Crippen LogP contribution in [0.1, 0.15) is 37.7 Å². The molecule has 4 rings (SSSR count). The van der Waals surface area contributed by atoms with Crippen molar-refractivity contribution in [2.24, 2.45) is 10.4 Å². The molecule has 4 heteroatoms. The smallest absolute Gasteiger partial charge is 0.193 e. The molecule has 3 aliphatic rings. The van der Waals surface area contributed by atoms with Crippen LogP contribution in [0.25, 0.3) is 0 Å². The average molecular weight is 326 g/mol. The Morgan fingerprint density at radius 3 is 2.75 bits per heavy atom. The lowest BCUT2D eigenvalue weighted by Gasteiger charge is -2.40. The summed E-state index contributed by atoms with van der Waals surface area (Å²) in [5, 5.41) is 3.62. The van der Waals surface area contributed by atoms with Gasteiger partial charge in [-0.05, 0) is 44.2 Å². The van der Waals surface area contributed by atoms with Crippen LogP contribution in [0, 0.1) is 5.41 Å². The molecule has 1 aliphatic carbocycles. The predicted octanol–water partition coefficient (Wildman–Crippen LogP) is 2.71. The first-order valence-corrected chi connectivity index (χ1v) is 9.51. The highest BCUT2D eigenvalue weighted by molar-refractivity contribution is 5.80. The Balaban J connectivity index is 1.38. The fraction of sp³-hybridized carbons (Fsp3) is 0.650. The number of benzene rings is 1. The van der Waals surface area contributed by atoms with E-state index in [2.05, 4.69) is 50.4 Å². The summed E-state index contributed by atoms with van der Waals surface area (Å²) >= 11 is 0. The van der Waals surface area contributed by atoms with E-state index >= 15 is 0 Å². The summed E-state index contributed by atoms with van der Waals surface area (Å²) in [5.41, 5.74) is 1.91. The van der Waals surface area contributed by atoms with Gasteiger partial charge >= 0.3 is 0 Å². The minimum Gasteiger partial charge on any atom is -0.354 e. The number of hydrogen-bond acceptors (Lipinski definition) is 2. The fourth-order valence-electron chi connectivity index (χ4n) is 4.44. The maximum absolute atomic E-state index is 4.53. The van der Waals surface area contributed by atoms with Crippen LogP contribution >= 0.6 is 0 Å². The number of hydrogen-bond donors (Lipinski definition) is 1. The van der Waals surface area contributed by atoms with E-state index in [1.807, 2.05) is 7.05 Å². The topological polar surface area (TPSA) is 30.9 Å². The summed E-state index contributed by atoms with van der Waals surface area (Å²) in [4.78, 5) is 9.70. The molecule has 0 bridgehead atoms. The molecule has 3 fully saturated rings. The molecule has 0 aromatic heterocycles. The second-order valence-electron chi connectivity index (χ2n) is 7.94. The van der Waals surface area contributed by atoms with Gasteiger partial charge < -0.3 is 10.2 Å². The Morgan fingerprint density at radius 1 is 1.17 bits per heavy atom. The van der Waals surface area contributed by atoms with Gasteiger partial charge in [0.05, 0.1) is 0 Å². The van der Waals surface area contributed by atoms with Gasteiger partial charge in [-0.2, -0.15) is 0 Å². The molecule has 2 aliphatic heterocycles. The third-order valence-electron chi connectivity index (χ3n) is 5.85. The van der Waals surface area contributed by atoms with Crippen molar-refractivity contribution < 1.29 is 0 Å². The Morgan fingerprint density at radius 2 is 2.00 bits per heavy atom. The van der Waals surface area contributed by atoms with Crippen molar-refractivity contribution in [3.05, 3.63) is 35.9 Å². The van der Waals surface area contributed by atoms with Crippen LogP contribution in [0.3, 0.4) is 0 Å². The van der Waals surface area contributed by atoms with Crippen molar-refractivity contribution in [1.82, 2.24) is 15.1 Å². The monoisotopic (exact) mass is 326 g/mol. The van der Waals surface area contributed by atoms with Gasteiger partial charge in [0, 0.05) is 44.7 Å². The summed E-state index contributed by atoms with van der Waals surface area (Å²) in [6.07, 6.45) is 6.62. The van der Waals surface area contributed by atoms with Gasteiger partial charge in [0.1, 0.15) is 0 Å². The summed E-state index contributed by atoms with van der Waals surface area (Å²) < 4.78 is 0. The number of aliphatic imine (C=N–C) groups is 1. The van der Waals surface area contributed by atoms with Crippen molar-refractivity contribution in [2.75, 3.05) is 33.2 Å². The Labute approximate surface area is 145 Å². The second kappa shape index (κ2) is 6.75. The van der Waals surface area contributed by atoms with E-state index in [9.17, 15) is 0 Å². The van der Waals surface area contributed by atoms with Gasteiger partial charge in [0.25, 0.3) is 0 Å². The quantitative estimate of drug-likeness (QED) is 0.684. The molecule has 24 heavy (non-hydrogen) atoms. The third-order valence-corrected chi connectivity index (χ3v) is 5.85. The van der Waals surface area contributed by atoms with Crippen LogP contribution in [0.5, 0.6) is 0 Å². The molecule has 130 valence electrons. The standard InChI is InChI=1S/C20H30N4/c1-21-19(22-18-8-9-18)24-13-11-20(16-24)10-5-12-23(15-20)14-17-6-3-2-4-7-17/h2-4,6-7,18H,5,8-16H2,1H3,(H,21,22). The molecule has 1 spiro atoms. The molecular formula is C20H30N4. The number of rotatable bonds is 3. The molecule has 2 heterocycles. The minimum atomic E-state index is 0.466. The molecule has 1 aromatic carbocycles. The highest BCUT2D eigenvalue weighted by atomic mass is 15.3. The SMILES string of the molecule is CN=C(NC1CC1)N1CCC2(CCCN(Cc3ccccc3)C2)C1. The van der Waals surface area contributed by atoms with Crippen molar-refractivity contribution in [2.45, 2.75) is 44.7 Å². The van der Waals surface area contributed by atoms with Gasteiger partial charge in [-0.1, -0.05) is 30.3 Å². The molecule has 0 radical (unpaired) electrons. The first kappa shape index (κ1) is 15.9. The molecule has 4 nitrogen and oxygen atoms in total. The van der Waals surface area contributed by atoms with Crippen LogP contribution in [-0.4, -0.2) is 55.0 Å². The van der Waals surface area contributed by atoms with E-state index in [0.717, 1.165) is 19.0 Å². The first-order valence-electron chi connectivity index (χ1n) is 9.51. The van der Waals surface area contributed by atoms with E-state index in [-0.39, 0.29) is 0 Å². The van der Waals surface area contributed by atoms with Gasteiger partial charge in [0.15, 0.2) is 5.96 Å². The Kier molecular flexibility index (Phi) is 4.49. The van der Waals surface area contributed by atoms with E-state index < -0.39 is 0 Å². The largest absolute Gasteiger partial charge is 0.354 e. The lowest BCUT2D eigenvalue weighted by molar-refractivity contribution is 0.0926. The maximum atomic E-state index is 4.53. The highest BCUT2D eigenvalue weighted by Crippen LogP contribution is 2.39. The second-order valence-corrected chi connectivity index (χ2v) is 7.94. The predicted molar refractivity (Wildman–Crippen MR) is 99.1 cm³/mol. The number of likely N-dealkylation sites (tertiary alicyclic amines) is 2.